The summed E-state index contributed by atoms with van der Waals surface area (Å²) < 4.78 is 24.3. The number of alkyl halides is 1. The molecular formula is C25H35FN6O3. The molecule has 0 saturated carbocycles. The van der Waals surface area contributed by atoms with Crippen molar-refractivity contribution in [2.75, 3.05) is 63.6 Å². The van der Waals surface area contributed by atoms with Crippen LogP contribution in [0.15, 0.2) is 30.5 Å². The summed E-state index contributed by atoms with van der Waals surface area (Å²) >= 11 is 0. The molecule has 2 aromatic rings. The number of halogens is 1. The summed E-state index contributed by atoms with van der Waals surface area (Å²) in [6.07, 6.45) is 3.84. The third-order valence-corrected chi connectivity index (χ3v) is 6.50. The van der Waals surface area contributed by atoms with E-state index in [0.717, 1.165) is 56.9 Å². The van der Waals surface area contributed by atoms with Gasteiger partial charge in [-0.15, -0.1) is 0 Å². The highest BCUT2D eigenvalue weighted by atomic mass is 19.1. The summed E-state index contributed by atoms with van der Waals surface area (Å²) in [7, 11) is 1.61. The predicted octanol–water partition coefficient (Wildman–Crippen LogP) is 3.32. The van der Waals surface area contributed by atoms with Crippen LogP contribution in [0.3, 0.4) is 0 Å². The fourth-order valence-corrected chi connectivity index (χ4v) is 4.37. The SMILES string of the molecule is COc1ccc(Nc2nccc(NCC3CCN(C(C)=O)CC3)n2)cc1OCCCN1CC(F)C1. The molecule has 1 amide bonds. The van der Waals surface area contributed by atoms with Crippen LogP contribution >= 0.6 is 0 Å². The minimum Gasteiger partial charge on any atom is -0.493 e. The summed E-state index contributed by atoms with van der Waals surface area (Å²) in [6.45, 7) is 6.46. The third-order valence-electron chi connectivity index (χ3n) is 6.50. The van der Waals surface area contributed by atoms with E-state index in [4.69, 9.17) is 9.47 Å². The molecule has 2 fully saturated rings. The van der Waals surface area contributed by atoms with Gasteiger partial charge in [-0.1, -0.05) is 0 Å². The first kappa shape index (κ1) is 25.0. The van der Waals surface area contributed by atoms with Gasteiger partial charge in [0.2, 0.25) is 11.9 Å². The first-order chi connectivity index (χ1) is 17.0. The van der Waals surface area contributed by atoms with Crippen LogP contribution in [0.4, 0.5) is 21.8 Å². The van der Waals surface area contributed by atoms with Crippen LogP contribution in [0.2, 0.25) is 0 Å². The molecule has 0 bridgehead atoms. The van der Waals surface area contributed by atoms with E-state index in [1.165, 1.54) is 0 Å². The van der Waals surface area contributed by atoms with E-state index in [1.807, 2.05) is 29.2 Å². The second-order valence-corrected chi connectivity index (χ2v) is 9.15. The molecule has 2 aliphatic rings. The zero-order chi connectivity index (χ0) is 24.6. The van der Waals surface area contributed by atoms with Crippen molar-refractivity contribution in [1.29, 1.82) is 0 Å². The normalized spacial score (nSPS) is 17.1. The van der Waals surface area contributed by atoms with E-state index in [2.05, 4.69) is 25.5 Å². The zero-order valence-electron chi connectivity index (χ0n) is 20.5. The lowest BCUT2D eigenvalue weighted by Gasteiger charge is -2.34. The highest BCUT2D eigenvalue weighted by molar-refractivity contribution is 5.73. The highest BCUT2D eigenvalue weighted by Gasteiger charge is 2.25. The Morgan fingerprint density at radius 2 is 2.00 bits per heavy atom. The Hall–Kier alpha value is -3.14. The molecule has 0 radical (unpaired) electrons. The Bertz CT molecular complexity index is 979. The van der Waals surface area contributed by atoms with E-state index < -0.39 is 6.17 Å². The predicted molar refractivity (Wildman–Crippen MR) is 133 cm³/mol. The number of hydrogen-bond acceptors (Lipinski definition) is 8. The second-order valence-electron chi connectivity index (χ2n) is 9.15. The molecule has 0 aliphatic carbocycles. The number of anilines is 3. The molecular weight excluding hydrogens is 451 g/mol. The number of rotatable bonds is 11. The number of ether oxygens (including phenoxy) is 2. The van der Waals surface area contributed by atoms with Gasteiger partial charge in [0.15, 0.2) is 11.5 Å². The molecule has 3 heterocycles. The largest absolute Gasteiger partial charge is 0.493 e. The number of carbonyl (C=O) groups excluding carboxylic acids is 1. The Kier molecular flexibility index (Phi) is 8.57. The fourth-order valence-electron chi connectivity index (χ4n) is 4.37. The Morgan fingerprint density at radius 3 is 2.71 bits per heavy atom. The molecule has 2 saturated heterocycles. The molecule has 190 valence electrons. The van der Waals surface area contributed by atoms with Gasteiger partial charge < -0.3 is 25.0 Å². The lowest BCUT2D eigenvalue weighted by atomic mass is 9.97. The third kappa shape index (κ3) is 7.17. The summed E-state index contributed by atoms with van der Waals surface area (Å²) in [5.41, 5.74) is 0.789. The van der Waals surface area contributed by atoms with Gasteiger partial charge in [0.1, 0.15) is 12.0 Å². The summed E-state index contributed by atoms with van der Waals surface area (Å²) in [5, 5.41) is 6.64. The quantitative estimate of drug-likeness (QED) is 0.468. The van der Waals surface area contributed by atoms with Gasteiger partial charge in [0.25, 0.3) is 0 Å². The van der Waals surface area contributed by atoms with Gasteiger partial charge >= 0.3 is 0 Å². The molecule has 9 nitrogen and oxygen atoms in total. The second kappa shape index (κ2) is 12.0. The van der Waals surface area contributed by atoms with Crippen molar-refractivity contribution in [3.8, 4) is 11.5 Å². The number of hydrogen-bond donors (Lipinski definition) is 2. The maximum absolute atomic E-state index is 12.9. The number of methoxy groups -OCH3 is 1. The number of aromatic nitrogens is 2. The summed E-state index contributed by atoms with van der Waals surface area (Å²) in [5.74, 6) is 3.18. The number of nitrogens with zero attached hydrogens (tertiary/aromatic N) is 4. The van der Waals surface area contributed by atoms with E-state index in [9.17, 15) is 9.18 Å². The van der Waals surface area contributed by atoms with Gasteiger partial charge in [0, 0.05) is 64.1 Å². The molecule has 10 heteroatoms. The first-order valence-corrected chi connectivity index (χ1v) is 12.3. The van der Waals surface area contributed by atoms with E-state index in [-0.39, 0.29) is 5.91 Å². The van der Waals surface area contributed by atoms with Crippen LogP contribution in [0, 0.1) is 5.92 Å². The number of piperidine rings is 1. The molecule has 1 aromatic carbocycles. The van der Waals surface area contributed by atoms with Crippen molar-refractivity contribution in [2.45, 2.75) is 32.4 Å². The van der Waals surface area contributed by atoms with Crippen molar-refractivity contribution in [3.63, 3.8) is 0 Å². The summed E-state index contributed by atoms with van der Waals surface area (Å²) in [6, 6.07) is 7.45. The molecule has 2 N–H and O–H groups in total. The first-order valence-electron chi connectivity index (χ1n) is 12.3. The maximum atomic E-state index is 12.9. The molecule has 4 rings (SSSR count). The Labute approximate surface area is 206 Å². The Morgan fingerprint density at radius 1 is 1.20 bits per heavy atom. The number of likely N-dealkylation sites (tertiary alicyclic amines) is 2. The molecule has 0 atom stereocenters. The van der Waals surface area contributed by atoms with Crippen molar-refractivity contribution < 1.29 is 18.7 Å². The van der Waals surface area contributed by atoms with Crippen LogP contribution < -0.4 is 20.1 Å². The molecule has 0 unspecified atom stereocenters. The minimum absolute atomic E-state index is 0.151. The van der Waals surface area contributed by atoms with Crippen LogP contribution in [0.5, 0.6) is 11.5 Å². The smallest absolute Gasteiger partial charge is 0.229 e. The number of benzene rings is 1. The number of nitrogens with one attached hydrogen (secondary N) is 2. The lowest BCUT2D eigenvalue weighted by molar-refractivity contribution is -0.130. The van der Waals surface area contributed by atoms with Crippen LogP contribution in [0.1, 0.15) is 26.2 Å². The topological polar surface area (TPSA) is 91.9 Å². The van der Waals surface area contributed by atoms with Gasteiger partial charge in [-0.2, -0.15) is 4.98 Å². The Balaban J connectivity index is 1.27. The minimum atomic E-state index is -0.680. The van der Waals surface area contributed by atoms with E-state index in [0.29, 0.717) is 43.1 Å². The van der Waals surface area contributed by atoms with Gasteiger partial charge in [-0.05, 0) is 43.4 Å². The average Bonchev–Trinajstić information content (AvgIpc) is 2.84. The number of amides is 1. The summed E-state index contributed by atoms with van der Waals surface area (Å²) in [4.78, 5) is 24.4. The van der Waals surface area contributed by atoms with Crippen LogP contribution in [-0.4, -0.2) is 84.8 Å². The standard InChI is InChI=1S/C25H35FN6O3/c1-18(33)32-11-7-19(8-12-32)15-28-24-6-9-27-25(30-24)29-21-4-5-22(34-2)23(14-21)35-13-3-10-31-16-20(26)17-31/h4-6,9,14,19-20H,3,7-8,10-13,15-17H2,1-2H3,(H2,27,28,29,30). The van der Waals surface area contributed by atoms with Crippen molar-refractivity contribution in [2.24, 2.45) is 5.92 Å². The van der Waals surface area contributed by atoms with Gasteiger partial charge in [-0.3, -0.25) is 9.69 Å². The molecule has 0 spiro atoms. The molecule has 2 aliphatic heterocycles. The van der Waals surface area contributed by atoms with Crippen LogP contribution in [0.25, 0.3) is 0 Å². The van der Waals surface area contributed by atoms with Crippen LogP contribution in [-0.2, 0) is 4.79 Å². The van der Waals surface area contributed by atoms with Gasteiger partial charge in [-0.25, -0.2) is 9.37 Å². The van der Waals surface area contributed by atoms with Crippen molar-refractivity contribution >= 4 is 23.4 Å². The highest BCUT2D eigenvalue weighted by Crippen LogP contribution is 2.31. The van der Waals surface area contributed by atoms with Gasteiger partial charge in [0.05, 0.1) is 13.7 Å². The van der Waals surface area contributed by atoms with Crippen molar-refractivity contribution in [1.82, 2.24) is 19.8 Å². The average molecular weight is 487 g/mol. The van der Waals surface area contributed by atoms with E-state index in [1.54, 1.807) is 20.2 Å². The van der Waals surface area contributed by atoms with Crippen molar-refractivity contribution in [3.05, 3.63) is 30.5 Å². The van der Waals surface area contributed by atoms with E-state index >= 15 is 0 Å². The molecule has 1 aromatic heterocycles. The fraction of sp³-hybridized carbons (Fsp3) is 0.560. The molecule has 35 heavy (non-hydrogen) atoms. The maximum Gasteiger partial charge on any atom is 0.229 e. The lowest BCUT2D eigenvalue weighted by Crippen LogP contribution is -2.48. The number of carbonyl (C=O) groups is 1. The monoisotopic (exact) mass is 486 g/mol. The zero-order valence-corrected chi connectivity index (χ0v) is 20.5.